The number of benzene rings is 2. The van der Waals surface area contributed by atoms with Crippen LogP contribution in [0.15, 0.2) is 57.9 Å². The number of ether oxygens (including phenoxy) is 1. The monoisotopic (exact) mass is 583 g/mol. The largest absolute Gasteiger partial charge is 0.462 e. The summed E-state index contributed by atoms with van der Waals surface area (Å²) >= 11 is 6.72. The molecule has 0 saturated carbocycles. The number of imide groups is 1. The average molecular weight is 584 g/mol. The number of nitro benzene ring substituents is 1. The van der Waals surface area contributed by atoms with Crippen LogP contribution in [0.5, 0.6) is 0 Å². The molecule has 4 rings (SSSR count). The zero-order chi connectivity index (χ0) is 29.0. The molecule has 3 aromatic rings. The van der Waals surface area contributed by atoms with E-state index in [2.05, 4.69) is 5.32 Å². The van der Waals surface area contributed by atoms with Crippen molar-refractivity contribution in [3.8, 4) is 11.3 Å². The molecule has 0 aliphatic carbocycles. The lowest BCUT2D eigenvalue weighted by Gasteiger charge is -2.13. The fourth-order valence-electron chi connectivity index (χ4n) is 3.69. The summed E-state index contributed by atoms with van der Waals surface area (Å²) in [6.07, 6.45) is 1.99. The summed E-state index contributed by atoms with van der Waals surface area (Å²) in [5.74, 6) is -1.40. The molecule has 1 aliphatic rings. The molecule has 0 unspecified atom stereocenters. The van der Waals surface area contributed by atoms with Gasteiger partial charge in [0.2, 0.25) is 5.91 Å². The maximum atomic E-state index is 12.9. The minimum Gasteiger partial charge on any atom is -0.462 e. The summed E-state index contributed by atoms with van der Waals surface area (Å²) in [4.78, 5) is 61.8. The minimum absolute atomic E-state index is 0.0426. The van der Waals surface area contributed by atoms with Gasteiger partial charge in [0.15, 0.2) is 0 Å². The molecule has 206 valence electrons. The quantitative estimate of drug-likeness (QED) is 0.137. The van der Waals surface area contributed by atoms with E-state index >= 15 is 0 Å². The van der Waals surface area contributed by atoms with Crippen LogP contribution in [-0.4, -0.2) is 46.0 Å². The fraction of sp³-hybridized carbons (Fsp3) is 0.185. The number of nitrogens with one attached hydrogen (secondary N) is 1. The second kappa shape index (κ2) is 12.2. The maximum absolute atomic E-state index is 12.9. The summed E-state index contributed by atoms with van der Waals surface area (Å²) in [6.45, 7) is 3.13. The molecule has 0 spiro atoms. The number of hydrogen-bond acceptors (Lipinski definition) is 9. The number of carbonyl (C=O) groups excluding carboxylic acids is 4. The van der Waals surface area contributed by atoms with Gasteiger partial charge in [-0.15, -0.1) is 0 Å². The number of furan rings is 1. The second-order valence-corrected chi connectivity index (χ2v) is 10.0. The Kier molecular flexibility index (Phi) is 8.70. The molecule has 1 aromatic heterocycles. The summed E-state index contributed by atoms with van der Waals surface area (Å²) in [7, 11) is 0. The van der Waals surface area contributed by atoms with Crippen molar-refractivity contribution < 1.29 is 33.3 Å². The van der Waals surface area contributed by atoms with Crippen LogP contribution >= 0.6 is 23.4 Å². The lowest BCUT2D eigenvalue weighted by Crippen LogP contribution is -2.36. The van der Waals surface area contributed by atoms with Gasteiger partial charge in [0.05, 0.1) is 27.0 Å². The predicted octanol–water partition coefficient (Wildman–Crippen LogP) is 6.06. The first kappa shape index (κ1) is 28.6. The Labute approximate surface area is 237 Å². The van der Waals surface area contributed by atoms with Gasteiger partial charge in [-0.1, -0.05) is 30.7 Å². The number of aryl methyl sites for hydroxylation is 1. The minimum atomic E-state index is -0.686. The first-order chi connectivity index (χ1) is 19.1. The SMILES string of the molecule is CCCOC(=O)c1cc(NC(=O)CN2C(=O)S/C(=C/c3ccc(-c4ccc(C)c([N+](=O)[O-])c4)o3)C2=O)ccc1Cl. The third-order valence-electron chi connectivity index (χ3n) is 5.67. The van der Waals surface area contributed by atoms with E-state index in [4.69, 9.17) is 20.8 Å². The van der Waals surface area contributed by atoms with Gasteiger partial charge in [0.1, 0.15) is 18.1 Å². The molecule has 1 fully saturated rings. The third kappa shape index (κ3) is 6.41. The van der Waals surface area contributed by atoms with Crippen molar-refractivity contribution in [3.05, 3.63) is 85.5 Å². The Balaban J connectivity index is 1.44. The van der Waals surface area contributed by atoms with Crippen LogP contribution < -0.4 is 5.32 Å². The van der Waals surface area contributed by atoms with Gasteiger partial charge in [0.25, 0.3) is 16.8 Å². The Morgan fingerprint density at radius 2 is 1.95 bits per heavy atom. The summed E-state index contributed by atoms with van der Waals surface area (Å²) in [6, 6.07) is 12.1. The van der Waals surface area contributed by atoms with Crippen LogP contribution in [0.2, 0.25) is 5.02 Å². The molecule has 1 saturated heterocycles. The molecule has 3 amide bonds. The molecular formula is C27H22ClN3O8S. The van der Waals surface area contributed by atoms with Gasteiger partial charge in [-0.05, 0) is 55.4 Å². The van der Waals surface area contributed by atoms with Crippen LogP contribution in [-0.2, 0) is 14.3 Å². The molecule has 1 aliphatic heterocycles. The Bertz CT molecular complexity index is 1560. The summed E-state index contributed by atoms with van der Waals surface area (Å²) in [5, 5.41) is 13.3. The van der Waals surface area contributed by atoms with Crippen molar-refractivity contribution in [2.24, 2.45) is 0 Å². The Hall–Kier alpha value is -4.42. The molecule has 0 bridgehead atoms. The Morgan fingerprint density at radius 1 is 1.18 bits per heavy atom. The average Bonchev–Trinajstić information content (AvgIpc) is 3.48. The number of thioether (sulfide) groups is 1. The second-order valence-electron chi connectivity index (χ2n) is 8.61. The standard InChI is InChI=1S/C27H22ClN3O8S/c1-3-10-38-26(34)19-12-17(6-8-20(19)28)29-24(32)14-30-25(33)23(40-27(30)35)13-18-7-9-22(39-18)16-5-4-15(2)21(11-16)31(36)37/h4-9,11-13H,3,10,14H2,1-2H3,(H,29,32)/b23-13+. The van der Waals surface area contributed by atoms with E-state index in [-0.39, 0.29) is 39.2 Å². The molecular weight excluding hydrogens is 562 g/mol. The van der Waals surface area contributed by atoms with E-state index in [9.17, 15) is 29.3 Å². The molecule has 40 heavy (non-hydrogen) atoms. The normalized spacial score (nSPS) is 14.1. The van der Waals surface area contributed by atoms with E-state index in [1.807, 2.05) is 6.92 Å². The zero-order valence-corrected chi connectivity index (χ0v) is 22.8. The number of hydrogen-bond donors (Lipinski definition) is 1. The molecule has 1 N–H and O–H groups in total. The highest BCUT2D eigenvalue weighted by atomic mass is 35.5. The molecule has 13 heteroatoms. The molecule has 2 aromatic carbocycles. The van der Waals surface area contributed by atoms with Crippen LogP contribution in [0.3, 0.4) is 0 Å². The summed E-state index contributed by atoms with van der Waals surface area (Å²) < 4.78 is 10.8. The lowest BCUT2D eigenvalue weighted by atomic mass is 10.1. The van der Waals surface area contributed by atoms with Gasteiger partial charge in [-0.2, -0.15) is 0 Å². The highest BCUT2D eigenvalue weighted by molar-refractivity contribution is 8.18. The van der Waals surface area contributed by atoms with E-state index in [0.29, 0.717) is 35.1 Å². The number of esters is 1. The topological polar surface area (TPSA) is 149 Å². The predicted molar refractivity (Wildman–Crippen MR) is 149 cm³/mol. The van der Waals surface area contributed by atoms with E-state index in [1.165, 1.54) is 30.3 Å². The number of carbonyl (C=O) groups is 4. The Morgan fingerprint density at radius 3 is 2.67 bits per heavy atom. The lowest BCUT2D eigenvalue weighted by molar-refractivity contribution is -0.385. The number of anilines is 1. The molecule has 0 atom stereocenters. The first-order valence-corrected chi connectivity index (χ1v) is 13.1. The van der Waals surface area contributed by atoms with Gasteiger partial charge < -0.3 is 14.5 Å². The van der Waals surface area contributed by atoms with Crippen molar-refractivity contribution >= 4 is 63.8 Å². The number of halogens is 1. The van der Waals surface area contributed by atoms with Crippen molar-refractivity contribution in [3.63, 3.8) is 0 Å². The van der Waals surface area contributed by atoms with Gasteiger partial charge in [-0.3, -0.25) is 29.4 Å². The number of rotatable bonds is 9. The zero-order valence-electron chi connectivity index (χ0n) is 21.3. The smallest absolute Gasteiger partial charge is 0.339 e. The van der Waals surface area contributed by atoms with E-state index < -0.39 is 34.5 Å². The van der Waals surface area contributed by atoms with Crippen LogP contribution in [0.25, 0.3) is 17.4 Å². The van der Waals surface area contributed by atoms with Crippen molar-refractivity contribution in [1.29, 1.82) is 0 Å². The van der Waals surface area contributed by atoms with Gasteiger partial charge >= 0.3 is 5.97 Å². The fourth-order valence-corrected chi connectivity index (χ4v) is 4.70. The van der Waals surface area contributed by atoms with E-state index in [0.717, 1.165) is 4.90 Å². The number of amides is 3. The van der Waals surface area contributed by atoms with Crippen molar-refractivity contribution in [2.75, 3.05) is 18.5 Å². The van der Waals surface area contributed by atoms with Crippen molar-refractivity contribution in [1.82, 2.24) is 4.90 Å². The van der Waals surface area contributed by atoms with Gasteiger partial charge in [0, 0.05) is 29.0 Å². The molecule has 11 nitrogen and oxygen atoms in total. The summed E-state index contributed by atoms with van der Waals surface area (Å²) in [5.41, 5.74) is 1.23. The highest BCUT2D eigenvalue weighted by Gasteiger charge is 2.36. The molecule has 0 radical (unpaired) electrons. The van der Waals surface area contributed by atoms with Crippen LogP contribution in [0.4, 0.5) is 16.2 Å². The van der Waals surface area contributed by atoms with Crippen LogP contribution in [0, 0.1) is 17.0 Å². The first-order valence-electron chi connectivity index (χ1n) is 11.9. The third-order valence-corrected chi connectivity index (χ3v) is 6.91. The van der Waals surface area contributed by atoms with Crippen LogP contribution in [0.1, 0.15) is 35.0 Å². The van der Waals surface area contributed by atoms with Crippen molar-refractivity contribution in [2.45, 2.75) is 20.3 Å². The molecule has 2 heterocycles. The van der Waals surface area contributed by atoms with E-state index in [1.54, 1.807) is 31.2 Å². The van der Waals surface area contributed by atoms with Gasteiger partial charge in [-0.25, -0.2) is 4.79 Å². The number of nitrogens with zero attached hydrogens (tertiary/aromatic N) is 2. The number of nitro groups is 1. The highest BCUT2D eigenvalue weighted by Crippen LogP contribution is 2.34. The maximum Gasteiger partial charge on any atom is 0.339 e.